The summed E-state index contributed by atoms with van der Waals surface area (Å²) >= 11 is 5.70. The number of alkyl halides is 3. The predicted molar refractivity (Wildman–Crippen MR) is 106 cm³/mol. The van der Waals surface area contributed by atoms with Gasteiger partial charge in [-0.25, -0.2) is 4.99 Å². The number of amidine groups is 1. The molecule has 1 atom stereocenters. The van der Waals surface area contributed by atoms with Crippen LogP contribution in [0.5, 0.6) is 5.75 Å². The Kier molecular flexibility index (Phi) is 6.39. The van der Waals surface area contributed by atoms with E-state index < -0.39 is 16.8 Å². The largest absolute Gasteiger partial charge is 0.487 e. The van der Waals surface area contributed by atoms with Crippen LogP contribution in [0.2, 0.25) is 0 Å². The van der Waals surface area contributed by atoms with Crippen molar-refractivity contribution in [1.29, 1.82) is 0 Å². The van der Waals surface area contributed by atoms with E-state index in [1.165, 1.54) is 29.2 Å². The van der Waals surface area contributed by atoms with E-state index in [0.29, 0.717) is 5.69 Å². The number of hydrogen-bond donors (Lipinski definition) is 1. The molecule has 1 fully saturated rings. The molecule has 29 heavy (non-hydrogen) atoms. The van der Waals surface area contributed by atoms with Crippen molar-refractivity contribution in [2.24, 2.45) is 4.99 Å². The molecule has 2 aromatic rings. The van der Waals surface area contributed by atoms with Gasteiger partial charge < -0.3 is 9.84 Å². The number of thioether (sulfide) groups is 1. The Morgan fingerprint density at radius 3 is 2.48 bits per heavy atom. The first-order valence-corrected chi connectivity index (χ1v) is 9.65. The predicted octanol–water partition coefficient (Wildman–Crippen LogP) is 4.46. The third-order valence-corrected chi connectivity index (χ3v) is 5.15. The smallest absolute Gasteiger partial charge is 0.480 e. The van der Waals surface area contributed by atoms with Crippen molar-refractivity contribution in [3.8, 4) is 5.75 Å². The van der Waals surface area contributed by atoms with Crippen LogP contribution in [0.3, 0.4) is 0 Å². The van der Waals surface area contributed by atoms with E-state index in [9.17, 15) is 23.5 Å². The average molecular weight is 441 g/mol. The van der Waals surface area contributed by atoms with Gasteiger partial charge in [0.1, 0.15) is 11.0 Å². The standard InChI is InChI=1S/C19H15ClF2N2O4S/c20-19(21,22)28-14-8-6-13(7-9-14)23-18-24(11-12-4-2-1-3-5-12)16(25)10-15(29-18)17(26)27/h1-9,15H,10-11H2,(H,26,27)/t15-/m0/s1. The summed E-state index contributed by atoms with van der Waals surface area (Å²) in [4.78, 5) is 29.7. The molecule has 3 rings (SSSR count). The van der Waals surface area contributed by atoms with Crippen molar-refractivity contribution >= 4 is 46.1 Å². The summed E-state index contributed by atoms with van der Waals surface area (Å²) in [5.41, 5.74) is -2.63. The maximum atomic E-state index is 12.7. The van der Waals surface area contributed by atoms with E-state index in [4.69, 9.17) is 11.6 Å². The Morgan fingerprint density at radius 2 is 1.90 bits per heavy atom. The van der Waals surface area contributed by atoms with Gasteiger partial charge in [-0.1, -0.05) is 42.1 Å². The molecule has 1 amide bonds. The molecule has 0 aliphatic carbocycles. The minimum Gasteiger partial charge on any atom is -0.480 e. The number of carboxylic acid groups (broad SMARTS) is 1. The molecule has 152 valence electrons. The van der Waals surface area contributed by atoms with Crippen LogP contribution in [0.15, 0.2) is 59.6 Å². The zero-order chi connectivity index (χ0) is 21.0. The lowest BCUT2D eigenvalue weighted by molar-refractivity contribution is -0.139. The lowest BCUT2D eigenvalue weighted by Gasteiger charge is -2.30. The molecular weight excluding hydrogens is 426 g/mol. The molecule has 0 radical (unpaired) electrons. The molecule has 0 unspecified atom stereocenters. The lowest BCUT2D eigenvalue weighted by Crippen LogP contribution is -2.43. The number of carbonyl (C=O) groups excluding carboxylic acids is 1. The molecule has 1 aliphatic rings. The van der Waals surface area contributed by atoms with Crippen LogP contribution in [-0.4, -0.2) is 37.9 Å². The summed E-state index contributed by atoms with van der Waals surface area (Å²) in [6, 6.07) is 14.5. The molecule has 2 aromatic carbocycles. The van der Waals surface area contributed by atoms with E-state index in [-0.39, 0.29) is 29.8 Å². The first-order valence-electron chi connectivity index (χ1n) is 8.39. The zero-order valence-electron chi connectivity index (χ0n) is 14.8. The molecule has 0 bridgehead atoms. The van der Waals surface area contributed by atoms with Crippen LogP contribution < -0.4 is 4.74 Å². The quantitative estimate of drug-likeness (QED) is 0.671. The van der Waals surface area contributed by atoms with Gasteiger partial charge in [-0.3, -0.25) is 14.5 Å². The maximum absolute atomic E-state index is 12.7. The lowest BCUT2D eigenvalue weighted by atomic mass is 10.2. The van der Waals surface area contributed by atoms with E-state index in [2.05, 4.69) is 9.73 Å². The minimum absolute atomic E-state index is 0.149. The Balaban J connectivity index is 1.87. The van der Waals surface area contributed by atoms with Crippen LogP contribution in [-0.2, 0) is 16.1 Å². The number of aliphatic carboxylic acids is 1. The number of nitrogens with zero attached hydrogens (tertiary/aromatic N) is 2. The molecule has 10 heteroatoms. The highest BCUT2D eigenvalue weighted by atomic mass is 35.5. The van der Waals surface area contributed by atoms with Crippen molar-refractivity contribution in [2.75, 3.05) is 0 Å². The van der Waals surface area contributed by atoms with E-state index >= 15 is 0 Å². The van der Waals surface area contributed by atoms with Crippen LogP contribution in [0, 0.1) is 0 Å². The van der Waals surface area contributed by atoms with Crippen LogP contribution in [0.4, 0.5) is 14.5 Å². The zero-order valence-corrected chi connectivity index (χ0v) is 16.4. The molecule has 6 nitrogen and oxygen atoms in total. The molecule has 1 heterocycles. The Morgan fingerprint density at radius 1 is 1.24 bits per heavy atom. The summed E-state index contributed by atoms with van der Waals surface area (Å²) in [6.45, 7) is 0.234. The average Bonchev–Trinajstić information content (AvgIpc) is 2.65. The van der Waals surface area contributed by atoms with Gasteiger partial charge in [0.15, 0.2) is 5.17 Å². The summed E-state index contributed by atoms with van der Waals surface area (Å²) in [5.74, 6) is -1.63. The first-order chi connectivity index (χ1) is 13.7. The normalized spacial score (nSPS) is 18.7. The maximum Gasteiger partial charge on any atom is 0.487 e. The Bertz CT molecular complexity index is 920. The SMILES string of the molecule is O=C(O)[C@@H]1CC(=O)N(Cc2ccccc2)C(=Nc2ccc(OC(F)(F)Cl)cc2)S1. The fraction of sp³-hybridized carbons (Fsp3) is 0.211. The highest BCUT2D eigenvalue weighted by molar-refractivity contribution is 8.15. The highest BCUT2D eigenvalue weighted by Crippen LogP contribution is 2.31. The minimum atomic E-state index is -3.83. The molecule has 1 saturated heterocycles. The fourth-order valence-corrected chi connectivity index (χ4v) is 3.71. The van der Waals surface area contributed by atoms with Gasteiger partial charge in [0.25, 0.3) is 0 Å². The second-order valence-corrected chi connectivity index (χ2v) is 7.66. The van der Waals surface area contributed by atoms with Gasteiger partial charge in [0.05, 0.1) is 18.7 Å². The summed E-state index contributed by atoms with van der Waals surface area (Å²) in [5, 5.41) is 8.58. The molecule has 1 N–H and O–H groups in total. The van der Waals surface area contributed by atoms with Gasteiger partial charge in [-0.05, 0) is 29.8 Å². The Hall–Kier alpha value is -2.65. The highest BCUT2D eigenvalue weighted by Gasteiger charge is 2.36. The van der Waals surface area contributed by atoms with Crippen LogP contribution in [0.25, 0.3) is 0 Å². The number of halogens is 3. The molecule has 0 spiro atoms. The second-order valence-electron chi connectivity index (χ2n) is 6.05. The van der Waals surface area contributed by atoms with Crippen molar-refractivity contribution in [3.63, 3.8) is 0 Å². The van der Waals surface area contributed by atoms with Crippen LogP contribution >= 0.6 is 23.4 Å². The first kappa shape index (κ1) is 21.1. The number of carbonyl (C=O) groups is 2. The summed E-state index contributed by atoms with van der Waals surface area (Å²) in [7, 11) is 0. The van der Waals surface area contributed by atoms with Crippen molar-refractivity contribution in [3.05, 3.63) is 60.2 Å². The summed E-state index contributed by atoms with van der Waals surface area (Å²) < 4.78 is 29.7. The third-order valence-electron chi connectivity index (χ3n) is 3.89. The van der Waals surface area contributed by atoms with Gasteiger partial charge in [0.2, 0.25) is 5.91 Å². The van der Waals surface area contributed by atoms with Gasteiger partial charge >= 0.3 is 11.5 Å². The number of amides is 1. The number of carboxylic acids is 1. The molecule has 0 saturated carbocycles. The number of aliphatic imine (C=N–C) groups is 1. The molecule has 1 aliphatic heterocycles. The van der Waals surface area contributed by atoms with Gasteiger partial charge in [0, 0.05) is 11.6 Å². The molecule has 0 aromatic heterocycles. The van der Waals surface area contributed by atoms with E-state index in [1.54, 1.807) is 0 Å². The van der Waals surface area contributed by atoms with Crippen molar-refractivity contribution in [2.45, 2.75) is 23.8 Å². The Labute approximate surface area is 174 Å². The van der Waals surface area contributed by atoms with Gasteiger partial charge in [-0.2, -0.15) is 0 Å². The van der Waals surface area contributed by atoms with Crippen molar-refractivity contribution < 1.29 is 28.2 Å². The number of hydrogen-bond acceptors (Lipinski definition) is 5. The third kappa shape index (κ3) is 5.91. The second kappa shape index (κ2) is 8.79. The number of rotatable bonds is 6. The van der Waals surface area contributed by atoms with Crippen LogP contribution in [0.1, 0.15) is 12.0 Å². The fourth-order valence-electron chi connectivity index (χ4n) is 2.59. The van der Waals surface area contributed by atoms with E-state index in [1.807, 2.05) is 30.3 Å². The number of benzene rings is 2. The monoisotopic (exact) mass is 440 g/mol. The summed E-state index contributed by atoms with van der Waals surface area (Å²) in [6.07, 6.45) is -0.149. The number of ether oxygens (including phenoxy) is 1. The topological polar surface area (TPSA) is 79.2 Å². The van der Waals surface area contributed by atoms with E-state index in [0.717, 1.165) is 17.3 Å². The van der Waals surface area contributed by atoms with Gasteiger partial charge in [-0.15, -0.1) is 8.78 Å². The van der Waals surface area contributed by atoms with Crippen molar-refractivity contribution in [1.82, 2.24) is 4.90 Å². The molecular formula is C19H15ClF2N2O4S.